The van der Waals surface area contributed by atoms with Gasteiger partial charge in [0.1, 0.15) is 0 Å². The van der Waals surface area contributed by atoms with E-state index in [1.54, 1.807) is 13.2 Å². The Morgan fingerprint density at radius 3 is 2.67 bits per heavy atom. The van der Waals surface area contributed by atoms with Gasteiger partial charge in [-0.3, -0.25) is 9.98 Å². The maximum Gasteiger partial charge on any atom is 0.191 e. The lowest BCUT2D eigenvalue weighted by atomic mass is 9.74. The fraction of sp³-hybridized carbons (Fsp3) is 0.400. The van der Waals surface area contributed by atoms with E-state index in [9.17, 15) is 0 Å². The maximum atomic E-state index is 6.24. The molecule has 1 aliphatic heterocycles. The number of hydrogen-bond acceptors (Lipinski definition) is 3. The van der Waals surface area contributed by atoms with Crippen LogP contribution in [0.1, 0.15) is 24.1 Å². The first-order chi connectivity index (χ1) is 12.7. The molecule has 1 fully saturated rings. The van der Waals surface area contributed by atoms with Crippen molar-refractivity contribution in [3.8, 4) is 0 Å². The molecule has 0 atom stereocenters. The summed E-state index contributed by atoms with van der Waals surface area (Å²) in [6.07, 6.45) is 3.71. The number of nitrogens with zero attached hydrogens (tertiary/aromatic N) is 2. The number of halogens is 2. The fourth-order valence-corrected chi connectivity index (χ4v) is 3.49. The van der Waals surface area contributed by atoms with Crippen molar-refractivity contribution in [2.75, 3.05) is 26.8 Å². The second kappa shape index (κ2) is 10.8. The van der Waals surface area contributed by atoms with Crippen molar-refractivity contribution in [2.45, 2.75) is 24.8 Å². The molecule has 1 aromatic heterocycles. The molecule has 0 radical (unpaired) electrons. The highest BCUT2D eigenvalue weighted by Crippen LogP contribution is 2.35. The molecule has 2 N–H and O–H groups in total. The van der Waals surface area contributed by atoms with Gasteiger partial charge in [0.05, 0.1) is 12.2 Å². The third kappa shape index (κ3) is 6.05. The van der Waals surface area contributed by atoms with E-state index in [0.29, 0.717) is 6.54 Å². The predicted octanol–water partition coefficient (Wildman–Crippen LogP) is 3.77. The Morgan fingerprint density at radius 1 is 1.19 bits per heavy atom. The average Bonchev–Trinajstić information content (AvgIpc) is 2.69. The molecular formula is C20H26ClIN4O. The molecule has 0 amide bonds. The van der Waals surface area contributed by atoms with E-state index in [1.807, 2.05) is 30.3 Å². The number of nitrogens with one attached hydrogen (secondary N) is 2. The van der Waals surface area contributed by atoms with Crippen molar-refractivity contribution in [3.05, 3.63) is 64.9 Å². The third-order valence-electron chi connectivity index (χ3n) is 4.87. The van der Waals surface area contributed by atoms with E-state index in [4.69, 9.17) is 16.3 Å². The van der Waals surface area contributed by atoms with Crippen LogP contribution in [0.2, 0.25) is 5.02 Å². The number of rotatable bonds is 5. The molecular weight excluding hydrogens is 475 g/mol. The zero-order valence-corrected chi connectivity index (χ0v) is 18.5. The molecule has 0 unspecified atom stereocenters. The number of benzene rings is 1. The van der Waals surface area contributed by atoms with Crippen LogP contribution in [0.4, 0.5) is 0 Å². The first-order valence-electron chi connectivity index (χ1n) is 8.90. The van der Waals surface area contributed by atoms with Crippen molar-refractivity contribution >= 4 is 41.5 Å². The van der Waals surface area contributed by atoms with Crippen LogP contribution in [0.3, 0.4) is 0 Å². The Labute approximate surface area is 183 Å². The minimum absolute atomic E-state index is 0. The lowest BCUT2D eigenvalue weighted by Gasteiger charge is -2.38. The van der Waals surface area contributed by atoms with Crippen LogP contribution in [0.5, 0.6) is 0 Å². The van der Waals surface area contributed by atoms with Crippen LogP contribution >= 0.6 is 35.6 Å². The van der Waals surface area contributed by atoms with E-state index < -0.39 is 0 Å². The normalized spacial score (nSPS) is 16.3. The van der Waals surface area contributed by atoms with Gasteiger partial charge in [-0.1, -0.05) is 29.8 Å². The molecule has 7 heteroatoms. The van der Waals surface area contributed by atoms with Crippen molar-refractivity contribution in [3.63, 3.8) is 0 Å². The minimum atomic E-state index is -0.00817. The molecule has 0 saturated carbocycles. The van der Waals surface area contributed by atoms with E-state index in [0.717, 1.165) is 49.3 Å². The molecule has 2 aromatic rings. The van der Waals surface area contributed by atoms with Gasteiger partial charge in [0.15, 0.2) is 5.96 Å². The van der Waals surface area contributed by atoms with E-state index in [1.165, 1.54) is 5.56 Å². The van der Waals surface area contributed by atoms with Crippen LogP contribution in [0.15, 0.2) is 53.7 Å². The predicted molar refractivity (Wildman–Crippen MR) is 121 cm³/mol. The molecule has 1 aromatic carbocycles. The zero-order valence-electron chi connectivity index (χ0n) is 15.5. The minimum Gasteiger partial charge on any atom is -0.381 e. The van der Waals surface area contributed by atoms with Gasteiger partial charge in [-0.15, -0.1) is 24.0 Å². The van der Waals surface area contributed by atoms with Gasteiger partial charge in [0, 0.05) is 43.4 Å². The number of aromatic nitrogens is 1. The smallest absolute Gasteiger partial charge is 0.191 e. The van der Waals surface area contributed by atoms with Crippen molar-refractivity contribution in [2.24, 2.45) is 4.99 Å². The van der Waals surface area contributed by atoms with Gasteiger partial charge >= 0.3 is 0 Å². The summed E-state index contributed by atoms with van der Waals surface area (Å²) >= 11 is 6.24. The number of aliphatic imine (C=N–C) groups is 1. The summed E-state index contributed by atoms with van der Waals surface area (Å²) in [5.41, 5.74) is 2.22. The summed E-state index contributed by atoms with van der Waals surface area (Å²) in [5, 5.41) is 7.57. The number of pyridine rings is 1. The zero-order chi connectivity index (χ0) is 18.2. The van der Waals surface area contributed by atoms with Gasteiger partial charge in [0.25, 0.3) is 0 Å². The lowest BCUT2D eigenvalue weighted by molar-refractivity contribution is 0.0514. The molecule has 27 heavy (non-hydrogen) atoms. The fourth-order valence-electron chi connectivity index (χ4n) is 3.30. The Bertz CT molecular complexity index is 736. The second-order valence-electron chi connectivity index (χ2n) is 6.50. The van der Waals surface area contributed by atoms with Crippen LogP contribution in [0, 0.1) is 0 Å². The van der Waals surface area contributed by atoms with Crippen LogP contribution in [-0.4, -0.2) is 37.7 Å². The summed E-state index contributed by atoms with van der Waals surface area (Å²) in [4.78, 5) is 8.67. The summed E-state index contributed by atoms with van der Waals surface area (Å²) in [6, 6.07) is 14.0. The Morgan fingerprint density at radius 2 is 2.00 bits per heavy atom. The Balaban J connectivity index is 0.00000261. The van der Waals surface area contributed by atoms with Crippen LogP contribution in [-0.2, 0) is 16.7 Å². The monoisotopic (exact) mass is 500 g/mol. The molecule has 3 rings (SSSR count). The number of hydrogen-bond donors (Lipinski definition) is 2. The van der Waals surface area contributed by atoms with Gasteiger partial charge in [-0.2, -0.15) is 0 Å². The lowest BCUT2D eigenvalue weighted by Crippen LogP contribution is -2.48. The molecule has 5 nitrogen and oxygen atoms in total. The standard InChI is InChI=1S/C20H25ClN4O.HI/c1-22-19(24-14-18-7-2-3-10-23-18)25-15-20(8-11-26-12-9-20)16-5-4-6-17(21)13-16;/h2-7,10,13H,8-9,11-12,14-15H2,1H3,(H2,22,24,25);1H. The summed E-state index contributed by atoms with van der Waals surface area (Å²) < 4.78 is 5.60. The van der Waals surface area contributed by atoms with E-state index in [-0.39, 0.29) is 29.4 Å². The van der Waals surface area contributed by atoms with Crippen LogP contribution < -0.4 is 10.6 Å². The third-order valence-corrected chi connectivity index (χ3v) is 5.10. The largest absolute Gasteiger partial charge is 0.381 e. The van der Waals surface area contributed by atoms with Crippen molar-refractivity contribution < 1.29 is 4.74 Å². The molecule has 146 valence electrons. The van der Waals surface area contributed by atoms with Gasteiger partial charge in [-0.05, 0) is 42.7 Å². The highest BCUT2D eigenvalue weighted by Gasteiger charge is 2.34. The summed E-state index contributed by atoms with van der Waals surface area (Å²) in [5.74, 6) is 0.767. The first kappa shape index (κ1) is 21.9. The second-order valence-corrected chi connectivity index (χ2v) is 6.94. The average molecular weight is 501 g/mol. The first-order valence-corrected chi connectivity index (χ1v) is 9.28. The van der Waals surface area contributed by atoms with Crippen molar-refractivity contribution in [1.29, 1.82) is 0 Å². The Kier molecular flexibility index (Phi) is 8.79. The highest BCUT2D eigenvalue weighted by atomic mass is 127. The number of ether oxygens (including phenoxy) is 1. The van der Waals surface area contributed by atoms with Crippen LogP contribution in [0.25, 0.3) is 0 Å². The van der Waals surface area contributed by atoms with E-state index in [2.05, 4.69) is 32.7 Å². The van der Waals surface area contributed by atoms with Gasteiger partial charge < -0.3 is 15.4 Å². The number of guanidine groups is 1. The molecule has 2 heterocycles. The highest BCUT2D eigenvalue weighted by molar-refractivity contribution is 14.0. The SMILES string of the molecule is CN=C(NCc1ccccn1)NCC1(c2cccc(Cl)c2)CCOCC1.I. The van der Waals surface area contributed by atoms with Crippen molar-refractivity contribution in [1.82, 2.24) is 15.6 Å². The molecule has 0 aliphatic carbocycles. The topological polar surface area (TPSA) is 58.5 Å². The molecule has 0 bridgehead atoms. The molecule has 0 spiro atoms. The molecule has 1 aliphatic rings. The summed E-state index contributed by atoms with van der Waals surface area (Å²) in [6.45, 7) is 2.93. The van der Waals surface area contributed by atoms with Gasteiger partial charge in [-0.25, -0.2) is 0 Å². The summed E-state index contributed by atoms with van der Waals surface area (Å²) in [7, 11) is 1.78. The van der Waals surface area contributed by atoms with E-state index >= 15 is 0 Å². The Hall–Kier alpha value is -1.38. The maximum absolute atomic E-state index is 6.24. The quantitative estimate of drug-likeness (QED) is 0.373. The molecule has 1 saturated heterocycles. The van der Waals surface area contributed by atoms with Gasteiger partial charge in [0.2, 0.25) is 0 Å².